The SMILES string of the molecule is CC(C)Cc1ccc(-c2cc(Cl)cc(Cl)c2)cc1. The molecule has 0 nitrogen and oxygen atoms in total. The second kappa shape index (κ2) is 5.77. The maximum absolute atomic E-state index is 6.02. The van der Waals surface area contributed by atoms with Crippen LogP contribution < -0.4 is 0 Å². The van der Waals surface area contributed by atoms with Gasteiger partial charge < -0.3 is 0 Å². The second-order valence-electron chi connectivity index (χ2n) is 4.95. The number of hydrogen-bond acceptors (Lipinski definition) is 0. The first-order valence-corrected chi connectivity index (χ1v) is 6.85. The first-order valence-electron chi connectivity index (χ1n) is 6.10. The molecule has 2 heteroatoms. The molecule has 0 aliphatic carbocycles. The standard InChI is InChI=1S/C16H16Cl2/c1-11(2)7-12-3-5-13(6-4-12)14-8-15(17)10-16(18)9-14/h3-6,8-11H,7H2,1-2H3. The lowest BCUT2D eigenvalue weighted by Gasteiger charge is -2.07. The zero-order valence-electron chi connectivity index (χ0n) is 10.6. The van der Waals surface area contributed by atoms with Crippen LogP contribution in [0.2, 0.25) is 10.0 Å². The van der Waals surface area contributed by atoms with Gasteiger partial charge in [0, 0.05) is 10.0 Å². The van der Waals surface area contributed by atoms with Crippen molar-refractivity contribution < 1.29 is 0 Å². The van der Waals surface area contributed by atoms with Crippen molar-refractivity contribution >= 4 is 23.2 Å². The summed E-state index contributed by atoms with van der Waals surface area (Å²) in [5.74, 6) is 0.677. The van der Waals surface area contributed by atoms with Crippen molar-refractivity contribution in [3.63, 3.8) is 0 Å². The highest BCUT2D eigenvalue weighted by atomic mass is 35.5. The minimum absolute atomic E-state index is 0.670. The van der Waals surface area contributed by atoms with Gasteiger partial charge in [0.15, 0.2) is 0 Å². The Morgan fingerprint density at radius 2 is 1.39 bits per heavy atom. The van der Waals surface area contributed by atoms with E-state index in [1.54, 1.807) is 6.07 Å². The minimum atomic E-state index is 0.670. The predicted molar refractivity (Wildman–Crippen MR) is 80.4 cm³/mol. The van der Waals surface area contributed by atoms with E-state index in [0.29, 0.717) is 16.0 Å². The first kappa shape index (κ1) is 13.5. The van der Waals surface area contributed by atoms with Gasteiger partial charge in [0.05, 0.1) is 0 Å². The highest BCUT2D eigenvalue weighted by Gasteiger charge is 2.02. The predicted octanol–water partition coefficient (Wildman–Crippen LogP) is 5.86. The van der Waals surface area contributed by atoms with Gasteiger partial charge in [-0.1, -0.05) is 61.3 Å². The molecule has 0 atom stereocenters. The Balaban J connectivity index is 2.28. The Bertz CT molecular complexity index is 507. The van der Waals surface area contributed by atoms with Gasteiger partial charge in [0.25, 0.3) is 0 Å². The molecule has 0 aromatic heterocycles. The summed E-state index contributed by atoms with van der Waals surface area (Å²) in [6.07, 6.45) is 1.11. The van der Waals surface area contributed by atoms with Gasteiger partial charge >= 0.3 is 0 Å². The van der Waals surface area contributed by atoms with Crippen LogP contribution in [0.15, 0.2) is 42.5 Å². The van der Waals surface area contributed by atoms with E-state index in [4.69, 9.17) is 23.2 Å². The number of hydrogen-bond donors (Lipinski definition) is 0. The van der Waals surface area contributed by atoms with Gasteiger partial charge in [-0.15, -0.1) is 0 Å². The van der Waals surface area contributed by atoms with Gasteiger partial charge in [0.2, 0.25) is 0 Å². The van der Waals surface area contributed by atoms with Crippen LogP contribution in [0.4, 0.5) is 0 Å². The zero-order valence-corrected chi connectivity index (χ0v) is 12.1. The van der Waals surface area contributed by atoms with Crippen molar-refractivity contribution in [2.45, 2.75) is 20.3 Å². The molecule has 0 saturated heterocycles. The highest BCUT2D eigenvalue weighted by Crippen LogP contribution is 2.27. The Kier molecular flexibility index (Phi) is 4.31. The number of halogens is 2. The molecule has 2 rings (SSSR count). The fourth-order valence-electron chi connectivity index (χ4n) is 2.03. The van der Waals surface area contributed by atoms with E-state index in [1.807, 2.05) is 12.1 Å². The van der Waals surface area contributed by atoms with Gasteiger partial charge in [-0.25, -0.2) is 0 Å². The molecule has 18 heavy (non-hydrogen) atoms. The van der Waals surface area contributed by atoms with Gasteiger partial charge in [-0.05, 0) is 47.2 Å². The summed E-state index contributed by atoms with van der Waals surface area (Å²) < 4.78 is 0. The Morgan fingerprint density at radius 3 is 1.89 bits per heavy atom. The van der Waals surface area contributed by atoms with Crippen LogP contribution in [0, 0.1) is 5.92 Å². The summed E-state index contributed by atoms with van der Waals surface area (Å²) in [5, 5.41) is 1.34. The molecule has 94 valence electrons. The maximum Gasteiger partial charge on any atom is 0.0426 e. The van der Waals surface area contributed by atoms with E-state index < -0.39 is 0 Å². The quantitative estimate of drug-likeness (QED) is 0.660. The lowest BCUT2D eigenvalue weighted by atomic mass is 9.99. The molecule has 0 saturated carbocycles. The molecule has 0 aliphatic rings. The molecule has 0 amide bonds. The fraction of sp³-hybridized carbons (Fsp3) is 0.250. The normalized spacial score (nSPS) is 10.9. The van der Waals surface area contributed by atoms with Crippen molar-refractivity contribution in [3.05, 3.63) is 58.1 Å². The minimum Gasteiger partial charge on any atom is -0.0843 e. The van der Waals surface area contributed by atoms with Crippen LogP contribution in [-0.2, 0) is 6.42 Å². The van der Waals surface area contributed by atoms with E-state index in [1.165, 1.54) is 5.56 Å². The molecule has 0 aliphatic heterocycles. The van der Waals surface area contributed by atoms with Gasteiger partial charge in [0.1, 0.15) is 0 Å². The Labute approximate surface area is 119 Å². The molecule has 0 radical (unpaired) electrons. The van der Waals surface area contributed by atoms with Crippen LogP contribution >= 0.6 is 23.2 Å². The summed E-state index contributed by atoms with van der Waals surface area (Å²) in [6.45, 7) is 4.45. The van der Waals surface area contributed by atoms with E-state index in [-0.39, 0.29) is 0 Å². The van der Waals surface area contributed by atoms with E-state index >= 15 is 0 Å². The van der Waals surface area contributed by atoms with Crippen molar-refractivity contribution in [2.24, 2.45) is 5.92 Å². The summed E-state index contributed by atoms with van der Waals surface area (Å²) >= 11 is 12.0. The zero-order chi connectivity index (χ0) is 13.1. The Morgan fingerprint density at radius 1 is 0.833 bits per heavy atom. The molecule has 0 bridgehead atoms. The summed E-state index contributed by atoms with van der Waals surface area (Å²) in [4.78, 5) is 0. The smallest absolute Gasteiger partial charge is 0.0426 e. The molecule has 2 aromatic carbocycles. The third-order valence-electron chi connectivity index (χ3n) is 2.79. The Hall–Kier alpha value is -0.980. The molecule has 0 heterocycles. The molecular formula is C16H16Cl2. The largest absolute Gasteiger partial charge is 0.0843 e. The fourth-order valence-corrected chi connectivity index (χ4v) is 2.55. The molecule has 0 unspecified atom stereocenters. The van der Waals surface area contributed by atoms with Crippen LogP contribution in [0.5, 0.6) is 0 Å². The monoisotopic (exact) mass is 278 g/mol. The van der Waals surface area contributed by atoms with E-state index in [9.17, 15) is 0 Å². The lowest BCUT2D eigenvalue weighted by molar-refractivity contribution is 0.647. The van der Waals surface area contributed by atoms with Gasteiger partial charge in [-0.2, -0.15) is 0 Å². The van der Waals surface area contributed by atoms with Crippen molar-refractivity contribution in [1.82, 2.24) is 0 Å². The second-order valence-corrected chi connectivity index (χ2v) is 5.83. The molecule has 2 aromatic rings. The topological polar surface area (TPSA) is 0 Å². The molecular weight excluding hydrogens is 263 g/mol. The molecule has 0 fully saturated rings. The number of rotatable bonds is 3. The van der Waals surface area contributed by atoms with Crippen LogP contribution in [0.25, 0.3) is 11.1 Å². The highest BCUT2D eigenvalue weighted by molar-refractivity contribution is 6.35. The summed E-state index contributed by atoms with van der Waals surface area (Å²) in [7, 11) is 0. The van der Waals surface area contributed by atoms with E-state index in [0.717, 1.165) is 17.5 Å². The van der Waals surface area contributed by atoms with Gasteiger partial charge in [-0.3, -0.25) is 0 Å². The van der Waals surface area contributed by atoms with Crippen molar-refractivity contribution in [2.75, 3.05) is 0 Å². The van der Waals surface area contributed by atoms with Crippen LogP contribution in [-0.4, -0.2) is 0 Å². The average molecular weight is 279 g/mol. The number of benzene rings is 2. The summed E-state index contributed by atoms with van der Waals surface area (Å²) in [5.41, 5.74) is 3.57. The first-order chi connectivity index (χ1) is 8.54. The third-order valence-corrected chi connectivity index (χ3v) is 3.23. The van der Waals surface area contributed by atoms with Crippen molar-refractivity contribution in [1.29, 1.82) is 0 Å². The molecule has 0 spiro atoms. The lowest BCUT2D eigenvalue weighted by Crippen LogP contribution is -1.93. The molecule has 0 N–H and O–H groups in total. The van der Waals surface area contributed by atoms with E-state index in [2.05, 4.69) is 38.1 Å². The van der Waals surface area contributed by atoms with Crippen LogP contribution in [0.3, 0.4) is 0 Å². The van der Waals surface area contributed by atoms with Crippen LogP contribution in [0.1, 0.15) is 19.4 Å². The van der Waals surface area contributed by atoms with Crippen molar-refractivity contribution in [3.8, 4) is 11.1 Å². The summed E-state index contributed by atoms with van der Waals surface area (Å²) in [6, 6.07) is 14.2. The average Bonchev–Trinajstić information content (AvgIpc) is 2.27. The third kappa shape index (κ3) is 3.51. The maximum atomic E-state index is 6.02.